The Bertz CT molecular complexity index is 975. The lowest BCUT2D eigenvalue weighted by Gasteiger charge is -2.30. The molecule has 1 unspecified atom stereocenters. The van der Waals surface area contributed by atoms with Crippen LogP contribution >= 0.6 is 0 Å². The van der Waals surface area contributed by atoms with Crippen LogP contribution in [0.3, 0.4) is 0 Å². The molecule has 1 fully saturated rings. The van der Waals surface area contributed by atoms with Gasteiger partial charge in [-0.1, -0.05) is 24.3 Å². The number of aliphatic carboxylic acids is 1. The summed E-state index contributed by atoms with van der Waals surface area (Å²) >= 11 is 0. The van der Waals surface area contributed by atoms with Gasteiger partial charge in [0.05, 0.1) is 0 Å². The Labute approximate surface area is 177 Å². The number of benzene rings is 2. The number of carbonyl (C=O) groups excluding carboxylic acids is 3. The zero-order chi connectivity index (χ0) is 22.4. The van der Waals surface area contributed by atoms with E-state index in [-0.39, 0.29) is 31.9 Å². The van der Waals surface area contributed by atoms with Crippen LogP contribution in [0.25, 0.3) is 0 Å². The van der Waals surface area contributed by atoms with Crippen molar-refractivity contribution in [3.8, 4) is 5.75 Å². The van der Waals surface area contributed by atoms with E-state index in [1.807, 2.05) is 0 Å². The summed E-state index contributed by atoms with van der Waals surface area (Å²) in [6.07, 6.45) is 0.0236. The third-order valence-corrected chi connectivity index (χ3v) is 4.80. The van der Waals surface area contributed by atoms with Crippen LogP contribution in [0.5, 0.6) is 5.75 Å². The minimum Gasteiger partial charge on any atom is -0.489 e. The Morgan fingerprint density at radius 2 is 1.71 bits per heavy atom. The molecule has 1 aliphatic heterocycles. The molecule has 1 saturated heterocycles. The van der Waals surface area contributed by atoms with Gasteiger partial charge in [-0.3, -0.25) is 19.2 Å². The number of ether oxygens (including phenoxy) is 1. The van der Waals surface area contributed by atoms with Gasteiger partial charge < -0.3 is 20.1 Å². The van der Waals surface area contributed by atoms with Gasteiger partial charge in [-0.25, -0.2) is 4.39 Å². The molecule has 2 N–H and O–H groups in total. The Kier molecular flexibility index (Phi) is 6.96. The van der Waals surface area contributed by atoms with Gasteiger partial charge in [0.2, 0.25) is 11.8 Å². The van der Waals surface area contributed by atoms with Crippen LogP contribution in [0.4, 0.5) is 4.39 Å². The van der Waals surface area contributed by atoms with E-state index in [9.17, 15) is 23.6 Å². The van der Waals surface area contributed by atoms with Crippen LogP contribution in [0.15, 0.2) is 48.5 Å². The topological polar surface area (TPSA) is 113 Å². The molecule has 1 atom stereocenters. The minimum atomic E-state index is -1.52. The number of rotatable bonds is 8. The van der Waals surface area contributed by atoms with E-state index in [2.05, 4.69) is 5.32 Å². The number of carboxylic acids is 1. The largest absolute Gasteiger partial charge is 0.489 e. The molecule has 0 aliphatic carbocycles. The fourth-order valence-electron chi connectivity index (χ4n) is 3.16. The minimum absolute atomic E-state index is 0.0236. The number of Topliss-reactive ketones (excluding diaryl/α,β-unsaturated/α-hetero) is 1. The molecule has 0 saturated carbocycles. The zero-order valence-corrected chi connectivity index (χ0v) is 16.5. The average Bonchev–Trinajstić information content (AvgIpc) is 2.75. The zero-order valence-electron chi connectivity index (χ0n) is 16.5. The third kappa shape index (κ3) is 5.88. The average molecular weight is 428 g/mol. The normalized spacial score (nSPS) is 16.2. The maximum absolute atomic E-state index is 12.9. The van der Waals surface area contributed by atoms with Gasteiger partial charge in [0.25, 0.3) is 0 Å². The van der Waals surface area contributed by atoms with Crippen molar-refractivity contribution >= 4 is 23.6 Å². The van der Waals surface area contributed by atoms with Gasteiger partial charge in [0.15, 0.2) is 11.7 Å². The number of piperidine rings is 1. The number of carbonyl (C=O) groups is 4. The molecule has 162 valence electrons. The van der Waals surface area contributed by atoms with E-state index in [4.69, 9.17) is 9.84 Å². The Hall–Kier alpha value is -3.75. The predicted molar refractivity (Wildman–Crippen MR) is 106 cm³/mol. The Morgan fingerprint density at radius 1 is 1.06 bits per heavy atom. The first-order valence-corrected chi connectivity index (χ1v) is 9.60. The second-order valence-electron chi connectivity index (χ2n) is 7.08. The maximum atomic E-state index is 12.9. The highest BCUT2D eigenvalue weighted by Crippen LogP contribution is 2.20. The first-order valence-electron chi connectivity index (χ1n) is 9.60. The van der Waals surface area contributed by atoms with Crippen molar-refractivity contribution in [1.29, 1.82) is 0 Å². The van der Waals surface area contributed by atoms with Gasteiger partial charge in [-0.2, -0.15) is 0 Å². The molecule has 0 aromatic heterocycles. The summed E-state index contributed by atoms with van der Waals surface area (Å²) in [5, 5.41) is 10.7. The molecule has 1 heterocycles. The van der Waals surface area contributed by atoms with Gasteiger partial charge in [-0.05, 0) is 35.4 Å². The number of carboxylic acid groups (broad SMARTS) is 1. The molecule has 2 aromatic rings. The van der Waals surface area contributed by atoms with Crippen LogP contribution in [-0.4, -0.2) is 46.7 Å². The number of hydrogen-bond donors (Lipinski definition) is 2. The lowest BCUT2D eigenvalue weighted by Crippen LogP contribution is -2.52. The van der Waals surface area contributed by atoms with Crippen LogP contribution in [0, 0.1) is 11.7 Å². The smallest absolute Gasteiger partial charge is 0.322 e. The number of halogens is 1. The van der Waals surface area contributed by atoms with Crippen molar-refractivity contribution < 1.29 is 33.4 Å². The third-order valence-electron chi connectivity index (χ3n) is 4.80. The summed E-state index contributed by atoms with van der Waals surface area (Å²) in [5.74, 6) is -4.56. The molecule has 31 heavy (non-hydrogen) atoms. The summed E-state index contributed by atoms with van der Waals surface area (Å²) in [7, 11) is 0. The highest BCUT2D eigenvalue weighted by atomic mass is 19.1. The quantitative estimate of drug-likeness (QED) is 0.617. The van der Waals surface area contributed by atoms with Gasteiger partial charge in [0.1, 0.15) is 24.7 Å². The SMILES string of the molecule is O=C(O)CNC(=O)C1C(=O)CCN(Cc2ccc(OCc3ccc(F)cc3)cc2)C1=O. The standard InChI is InChI=1S/C22H21FN2O6/c23-16-5-1-15(2-6-16)13-31-17-7-3-14(4-8-17)12-25-10-9-18(26)20(22(25)30)21(29)24-11-19(27)28/h1-8,20H,9-13H2,(H,24,29)(H,27,28). The molecule has 0 bridgehead atoms. The number of nitrogens with zero attached hydrogens (tertiary/aromatic N) is 1. The van der Waals surface area contributed by atoms with E-state index >= 15 is 0 Å². The highest BCUT2D eigenvalue weighted by Gasteiger charge is 2.40. The van der Waals surface area contributed by atoms with E-state index < -0.39 is 36.0 Å². The molecular weight excluding hydrogens is 407 g/mol. The number of hydrogen-bond acceptors (Lipinski definition) is 5. The Balaban J connectivity index is 1.57. The van der Waals surface area contributed by atoms with E-state index in [0.717, 1.165) is 11.1 Å². The first-order chi connectivity index (χ1) is 14.8. The number of nitrogens with one attached hydrogen (secondary N) is 1. The second kappa shape index (κ2) is 9.84. The molecule has 0 spiro atoms. The Morgan fingerprint density at radius 3 is 2.35 bits per heavy atom. The fraction of sp³-hybridized carbons (Fsp3) is 0.273. The molecule has 3 rings (SSSR count). The predicted octanol–water partition coefficient (Wildman–Crippen LogP) is 1.52. The number of amides is 2. The lowest BCUT2D eigenvalue weighted by atomic mass is 9.94. The first kappa shape index (κ1) is 21.9. The van der Waals surface area contributed by atoms with Gasteiger partial charge in [-0.15, -0.1) is 0 Å². The molecule has 0 radical (unpaired) electrons. The molecular formula is C22H21FN2O6. The molecule has 2 amide bonds. The van der Waals surface area contributed by atoms with Crippen LogP contribution in [0.2, 0.25) is 0 Å². The monoisotopic (exact) mass is 428 g/mol. The van der Waals surface area contributed by atoms with Crippen molar-refractivity contribution in [2.75, 3.05) is 13.1 Å². The summed E-state index contributed by atoms with van der Waals surface area (Å²) in [6, 6.07) is 13.0. The van der Waals surface area contributed by atoms with Crippen molar-refractivity contribution in [1.82, 2.24) is 10.2 Å². The van der Waals surface area contributed by atoms with Crippen molar-refractivity contribution in [3.63, 3.8) is 0 Å². The maximum Gasteiger partial charge on any atom is 0.322 e. The number of likely N-dealkylation sites (tertiary alicyclic amines) is 1. The molecule has 2 aromatic carbocycles. The van der Waals surface area contributed by atoms with Crippen molar-refractivity contribution in [2.24, 2.45) is 5.92 Å². The van der Waals surface area contributed by atoms with E-state index in [1.54, 1.807) is 36.4 Å². The summed E-state index contributed by atoms with van der Waals surface area (Å²) < 4.78 is 18.6. The molecule has 8 nitrogen and oxygen atoms in total. The molecule has 1 aliphatic rings. The number of ketones is 1. The van der Waals surface area contributed by atoms with Gasteiger partial charge in [0, 0.05) is 19.5 Å². The van der Waals surface area contributed by atoms with Crippen molar-refractivity contribution in [3.05, 3.63) is 65.5 Å². The second-order valence-corrected chi connectivity index (χ2v) is 7.08. The lowest BCUT2D eigenvalue weighted by molar-refractivity contribution is -0.152. The summed E-state index contributed by atoms with van der Waals surface area (Å²) in [6.45, 7) is 0.00498. The van der Waals surface area contributed by atoms with Crippen molar-refractivity contribution in [2.45, 2.75) is 19.6 Å². The van der Waals surface area contributed by atoms with E-state index in [1.165, 1.54) is 17.0 Å². The summed E-state index contributed by atoms with van der Waals surface area (Å²) in [5.41, 5.74) is 1.60. The van der Waals surface area contributed by atoms with Crippen LogP contribution in [-0.2, 0) is 32.3 Å². The fourth-order valence-corrected chi connectivity index (χ4v) is 3.16. The molecule has 9 heteroatoms. The van der Waals surface area contributed by atoms with Gasteiger partial charge >= 0.3 is 5.97 Å². The van der Waals surface area contributed by atoms with Crippen LogP contribution in [0.1, 0.15) is 17.5 Å². The highest BCUT2D eigenvalue weighted by molar-refractivity contribution is 6.19. The summed E-state index contributed by atoms with van der Waals surface area (Å²) in [4.78, 5) is 48.8. The van der Waals surface area contributed by atoms with Crippen LogP contribution < -0.4 is 10.1 Å². The van der Waals surface area contributed by atoms with E-state index in [0.29, 0.717) is 5.75 Å².